The number of para-hydroxylation sites is 1. The molecule has 7 heteroatoms. The van der Waals surface area contributed by atoms with Crippen LogP contribution in [0.3, 0.4) is 0 Å². The molecule has 0 atom stereocenters. The Balaban J connectivity index is 1.28. The largest absolute Gasteiger partial charge is 0.325 e. The standard InChI is InChI=1S/C24H27N3O3S/c28-21(13-8-16-27-22(29)24(26-23(27)30)14-6-7-15-24)25-19-11-4-5-12-20(19)31-17-18-9-2-1-3-10-18/h1-5,9-12H,6-8,13-17H2,(H,25,28)(H,26,30). The summed E-state index contributed by atoms with van der Waals surface area (Å²) in [5.41, 5.74) is 1.32. The van der Waals surface area contributed by atoms with Crippen molar-refractivity contribution in [2.24, 2.45) is 0 Å². The van der Waals surface area contributed by atoms with E-state index in [1.165, 1.54) is 10.5 Å². The summed E-state index contributed by atoms with van der Waals surface area (Å²) >= 11 is 1.68. The Bertz CT molecular complexity index is 958. The van der Waals surface area contributed by atoms with E-state index in [2.05, 4.69) is 22.8 Å². The van der Waals surface area contributed by atoms with Crippen molar-refractivity contribution in [3.63, 3.8) is 0 Å². The third kappa shape index (κ3) is 4.93. The van der Waals surface area contributed by atoms with Crippen molar-refractivity contribution in [2.45, 2.75) is 54.7 Å². The number of hydrogen-bond donors (Lipinski definition) is 2. The lowest BCUT2D eigenvalue weighted by Crippen LogP contribution is -2.44. The van der Waals surface area contributed by atoms with E-state index in [4.69, 9.17) is 0 Å². The van der Waals surface area contributed by atoms with Gasteiger partial charge in [-0.05, 0) is 37.0 Å². The summed E-state index contributed by atoms with van der Waals surface area (Å²) in [6.07, 6.45) is 4.05. The molecule has 0 unspecified atom stereocenters. The van der Waals surface area contributed by atoms with Crippen molar-refractivity contribution < 1.29 is 14.4 Å². The highest BCUT2D eigenvalue weighted by molar-refractivity contribution is 7.98. The minimum atomic E-state index is -0.686. The smallest absolute Gasteiger partial charge is 0.325 e. The van der Waals surface area contributed by atoms with Crippen LogP contribution < -0.4 is 10.6 Å². The molecule has 2 N–H and O–H groups in total. The van der Waals surface area contributed by atoms with Crippen LogP contribution in [0.15, 0.2) is 59.5 Å². The highest BCUT2D eigenvalue weighted by Gasteiger charge is 2.52. The summed E-state index contributed by atoms with van der Waals surface area (Å²) in [6.45, 7) is 0.268. The molecule has 4 amide bonds. The molecule has 0 radical (unpaired) electrons. The molecule has 0 bridgehead atoms. The third-order valence-corrected chi connectivity index (χ3v) is 7.03. The second kappa shape index (κ2) is 9.56. The van der Waals surface area contributed by atoms with Crippen LogP contribution in [0.25, 0.3) is 0 Å². The maximum Gasteiger partial charge on any atom is 0.325 e. The first-order valence-corrected chi connectivity index (χ1v) is 11.8. The molecule has 2 aliphatic rings. The lowest BCUT2D eigenvalue weighted by Gasteiger charge is -2.20. The number of imide groups is 1. The summed E-state index contributed by atoms with van der Waals surface area (Å²) in [7, 11) is 0. The van der Waals surface area contributed by atoms with E-state index in [1.54, 1.807) is 11.8 Å². The molecule has 1 aliphatic carbocycles. The fraction of sp³-hybridized carbons (Fsp3) is 0.375. The van der Waals surface area contributed by atoms with Crippen molar-refractivity contribution in [3.05, 3.63) is 60.2 Å². The van der Waals surface area contributed by atoms with Crippen LogP contribution in [0.1, 0.15) is 44.1 Å². The Morgan fingerprint density at radius 2 is 1.74 bits per heavy atom. The van der Waals surface area contributed by atoms with E-state index in [1.807, 2.05) is 42.5 Å². The number of nitrogens with zero attached hydrogens (tertiary/aromatic N) is 1. The number of rotatable bonds is 8. The molecule has 162 valence electrons. The number of anilines is 1. The first kappa shape index (κ1) is 21.4. The Kier molecular flexibility index (Phi) is 6.61. The third-order valence-electron chi connectivity index (χ3n) is 5.89. The molecule has 1 saturated heterocycles. The van der Waals surface area contributed by atoms with Crippen LogP contribution in [0.4, 0.5) is 10.5 Å². The van der Waals surface area contributed by atoms with E-state index in [0.717, 1.165) is 29.2 Å². The molecule has 1 saturated carbocycles. The van der Waals surface area contributed by atoms with Gasteiger partial charge in [0.15, 0.2) is 0 Å². The van der Waals surface area contributed by atoms with Gasteiger partial charge in [0, 0.05) is 23.6 Å². The fourth-order valence-corrected chi connectivity index (χ4v) is 5.20. The average molecular weight is 438 g/mol. The van der Waals surface area contributed by atoms with Gasteiger partial charge in [0.1, 0.15) is 5.54 Å². The lowest BCUT2D eigenvalue weighted by molar-refractivity contribution is -0.131. The number of thioether (sulfide) groups is 1. The molecular formula is C24H27N3O3S. The fourth-order valence-electron chi connectivity index (χ4n) is 4.24. The maximum absolute atomic E-state index is 12.7. The Hall–Kier alpha value is -2.80. The highest BCUT2D eigenvalue weighted by atomic mass is 32.2. The molecular weight excluding hydrogens is 410 g/mol. The van der Waals surface area contributed by atoms with Gasteiger partial charge in [-0.3, -0.25) is 14.5 Å². The summed E-state index contributed by atoms with van der Waals surface area (Å²) in [5.74, 6) is 0.579. The van der Waals surface area contributed by atoms with Gasteiger partial charge in [0.25, 0.3) is 5.91 Å². The normalized spacial score (nSPS) is 17.2. The van der Waals surface area contributed by atoms with Gasteiger partial charge in [-0.25, -0.2) is 4.79 Å². The zero-order valence-electron chi connectivity index (χ0n) is 17.4. The Labute approximate surface area is 186 Å². The van der Waals surface area contributed by atoms with Gasteiger partial charge < -0.3 is 10.6 Å². The second-order valence-electron chi connectivity index (χ2n) is 8.10. The summed E-state index contributed by atoms with van der Waals surface area (Å²) < 4.78 is 0. The predicted molar refractivity (Wildman–Crippen MR) is 122 cm³/mol. The van der Waals surface area contributed by atoms with Gasteiger partial charge in [0.05, 0.1) is 5.69 Å². The highest BCUT2D eigenvalue weighted by Crippen LogP contribution is 2.35. The molecule has 6 nitrogen and oxygen atoms in total. The van der Waals surface area contributed by atoms with Crippen LogP contribution in [0.5, 0.6) is 0 Å². The van der Waals surface area contributed by atoms with Crippen molar-refractivity contribution in [2.75, 3.05) is 11.9 Å². The summed E-state index contributed by atoms with van der Waals surface area (Å²) in [5, 5.41) is 5.86. The second-order valence-corrected chi connectivity index (χ2v) is 9.12. The van der Waals surface area contributed by atoms with E-state index in [-0.39, 0.29) is 30.8 Å². The predicted octanol–water partition coefficient (Wildman–Crippen LogP) is 4.56. The zero-order chi connectivity index (χ0) is 21.7. The van der Waals surface area contributed by atoms with Gasteiger partial charge in [-0.2, -0.15) is 0 Å². The van der Waals surface area contributed by atoms with Crippen molar-refractivity contribution >= 4 is 35.3 Å². The number of nitrogens with one attached hydrogen (secondary N) is 2. The van der Waals surface area contributed by atoms with E-state index in [0.29, 0.717) is 19.3 Å². The van der Waals surface area contributed by atoms with Crippen LogP contribution in [-0.2, 0) is 15.3 Å². The lowest BCUT2D eigenvalue weighted by atomic mass is 9.98. The molecule has 1 aliphatic heterocycles. The molecule has 1 spiro atoms. The van der Waals surface area contributed by atoms with Gasteiger partial charge >= 0.3 is 6.03 Å². The number of hydrogen-bond acceptors (Lipinski definition) is 4. The van der Waals surface area contributed by atoms with Crippen molar-refractivity contribution in [1.82, 2.24) is 10.2 Å². The van der Waals surface area contributed by atoms with Crippen LogP contribution in [-0.4, -0.2) is 34.8 Å². The molecule has 2 aromatic rings. The molecule has 1 heterocycles. The van der Waals surface area contributed by atoms with Gasteiger partial charge in [0.2, 0.25) is 5.91 Å². The first-order valence-electron chi connectivity index (χ1n) is 10.8. The van der Waals surface area contributed by atoms with Crippen molar-refractivity contribution in [3.8, 4) is 0 Å². The summed E-state index contributed by atoms with van der Waals surface area (Å²) in [6, 6.07) is 17.6. The summed E-state index contributed by atoms with van der Waals surface area (Å²) in [4.78, 5) is 39.7. The van der Waals surface area contributed by atoms with Gasteiger partial charge in [-0.15, -0.1) is 11.8 Å². The van der Waals surface area contributed by atoms with Gasteiger partial charge in [-0.1, -0.05) is 55.3 Å². The van der Waals surface area contributed by atoms with Crippen LogP contribution in [0.2, 0.25) is 0 Å². The number of carbonyl (C=O) groups is 3. The minimum absolute atomic E-state index is 0.115. The van der Waals surface area contributed by atoms with E-state index in [9.17, 15) is 14.4 Å². The molecule has 0 aromatic heterocycles. The number of urea groups is 1. The Morgan fingerprint density at radius 1 is 1.03 bits per heavy atom. The Morgan fingerprint density at radius 3 is 2.52 bits per heavy atom. The topological polar surface area (TPSA) is 78.5 Å². The molecule has 31 heavy (non-hydrogen) atoms. The van der Waals surface area contributed by atoms with Crippen molar-refractivity contribution in [1.29, 1.82) is 0 Å². The monoisotopic (exact) mass is 437 g/mol. The zero-order valence-corrected chi connectivity index (χ0v) is 18.2. The molecule has 2 aromatic carbocycles. The SMILES string of the molecule is O=C(CCCN1C(=O)NC2(CCCC2)C1=O)Nc1ccccc1SCc1ccccc1. The van der Waals surface area contributed by atoms with E-state index >= 15 is 0 Å². The minimum Gasteiger partial charge on any atom is -0.325 e. The quantitative estimate of drug-likeness (QED) is 0.469. The molecule has 2 fully saturated rings. The van der Waals surface area contributed by atoms with Crippen LogP contribution in [0, 0.1) is 0 Å². The number of benzene rings is 2. The maximum atomic E-state index is 12.7. The number of amides is 4. The van der Waals surface area contributed by atoms with Crippen LogP contribution >= 0.6 is 11.8 Å². The number of carbonyl (C=O) groups excluding carboxylic acids is 3. The molecule has 4 rings (SSSR count). The first-order chi connectivity index (χ1) is 15.1. The average Bonchev–Trinajstić information content (AvgIpc) is 3.34. The van der Waals surface area contributed by atoms with E-state index < -0.39 is 5.54 Å².